The Morgan fingerprint density at radius 2 is 1.83 bits per heavy atom. The smallest absolute Gasteiger partial charge is 0.290 e. The monoisotopic (exact) mass is 421 g/mol. The van der Waals surface area contributed by atoms with E-state index in [1.165, 1.54) is 0 Å². The van der Waals surface area contributed by atoms with Crippen molar-refractivity contribution in [1.29, 1.82) is 0 Å². The van der Waals surface area contributed by atoms with Crippen LogP contribution in [0, 0.1) is 5.92 Å². The van der Waals surface area contributed by atoms with E-state index >= 15 is 0 Å². The fourth-order valence-corrected chi connectivity index (χ4v) is 5.22. The molecule has 1 aromatic heterocycles. The lowest BCUT2D eigenvalue weighted by Crippen LogP contribution is -2.49. The van der Waals surface area contributed by atoms with Gasteiger partial charge < -0.3 is 9.47 Å². The Kier molecular flexibility index (Phi) is 4.58. The third-order valence-corrected chi connectivity index (χ3v) is 6.68. The average molecular weight is 421 g/mol. The third-order valence-electron chi connectivity index (χ3n) is 5.86. The lowest BCUT2D eigenvalue weighted by Gasteiger charge is -2.42. The molecule has 0 aliphatic carbocycles. The molecule has 0 radical (unpaired) electrons. The van der Waals surface area contributed by atoms with Crippen molar-refractivity contribution in [2.24, 2.45) is 5.92 Å². The number of carbonyl (C=O) groups is 3. The van der Waals surface area contributed by atoms with Gasteiger partial charge in [0.1, 0.15) is 0 Å². The van der Waals surface area contributed by atoms with E-state index in [1.54, 1.807) is 42.5 Å². The van der Waals surface area contributed by atoms with Gasteiger partial charge in [0.15, 0.2) is 0 Å². The number of likely N-dealkylation sites (tertiary alicyclic amines) is 1. The molecule has 152 valence electrons. The van der Waals surface area contributed by atoms with Crippen LogP contribution in [0.2, 0.25) is 0 Å². The van der Waals surface area contributed by atoms with Crippen molar-refractivity contribution in [3.8, 4) is 0 Å². The maximum absolute atomic E-state index is 13.1. The van der Waals surface area contributed by atoms with Gasteiger partial charge in [-0.15, -0.1) is 0 Å². The van der Waals surface area contributed by atoms with E-state index in [9.17, 15) is 19.2 Å². The third kappa shape index (κ3) is 3.37. The number of imide groups is 1. The summed E-state index contributed by atoms with van der Waals surface area (Å²) >= 11 is 0.869. The van der Waals surface area contributed by atoms with E-state index in [4.69, 9.17) is 0 Å². The zero-order chi connectivity index (χ0) is 20.8. The number of rotatable bonds is 2. The van der Waals surface area contributed by atoms with Crippen molar-refractivity contribution in [3.63, 3.8) is 0 Å². The Balaban J connectivity index is 1.33. The lowest BCUT2D eigenvalue weighted by atomic mass is 9.83. The van der Waals surface area contributed by atoms with Crippen molar-refractivity contribution in [3.05, 3.63) is 74.5 Å². The second-order valence-corrected chi connectivity index (χ2v) is 8.90. The topological polar surface area (TPSA) is 88.5 Å². The number of benzene rings is 1. The zero-order valence-corrected chi connectivity index (χ0v) is 16.9. The van der Waals surface area contributed by atoms with Crippen LogP contribution in [0.3, 0.4) is 0 Å². The van der Waals surface area contributed by atoms with E-state index < -0.39 is 5.91 Å². The summed E-state index contributed by atoms with van der Waals surface area (Å²) in [6.45, 7) is 1.89. The summed E-state index contributed by atoms with van der Waals surface area (Å²) in [7, 11) is 0. The van der Waals surface area contributed by atoms with Gasteiger partial charge in [-0.05, 0) is 53.9 Å². The Morgan fingerprint density at radius 1 is 1.03 bits per heavy atom. The van der Waals surface area contributed by atoms with Gasteiger partial charge in [0.05, 0.1) is 4.91 Å². The molecule has 3 aliphatic heterocycles. The molecular formula is C22H19N3O4S. The summed E-state index contributed by atoms with van der Waals surface area (Å²) < 4.78 is 1.85. The number of pyridine rings is 1. The van der Waals surface area contributed by atoms with E-state index in [0.29, 0.717) is 30.1 Å². The van der Waals surface area contributed by atoms with Crippen LogP contribution in [0.4, 0.5) is 4.79 Å². The molecule has 0 saturated carbocycles. The van der Waals surface area contributed by atoms with Crippen molar-refractivity contribution in [2.75, 3.05) is 13.1 Å². The highest BCUT2D eigenvalue weighted by Gasteiger charge is 2.36. The highest BCUT2D eigenvalue weighted by molar-refractivity contribution is 8.18. The number of thioether (sulfide) groups is 1. The highest BCUT2D eigenvalue weighted by atomic mass is 32.2. The number of amides is 3. The van der Waals surface area contributed by atoms with Crippen LogP contribution in [0.25, 0.3) is 6.08 Å². The molecule has 2 aromatic rings. The molecule has 7 nitrogen and oxygen atoms in total. The van der Waals surface area contributed by atoms with Gasteiger partial charge in [-0.1, -0.05) is 18.2 Å². The van der Waals surface area contributed by atoms with Crippen LogP contribution in [0.5, 0.6) is 0 Å². The first kappa shape index (κ1) is 18.9. The predicted octanol–water partition coefficient (Wildman–Crippen LogP) is 2.43. The first-order chi connectivity index (χ1) is 14.5. The molecule has 5 rings (SSSR count). The van der Waals surface area contributed by atoms with Crippen molar-refractivity contribution in [1.82, 2.24) is 14.8 Å². The number of fused-ring (bicyclic) bond motifs is 4. The summed E-state index contributed by atoms with van der Waals surface area (Å²) in [6, 6.07) is 12.4. The van der Waals surface area contributed by atoms with E-state index in [2.05, 4.69) is 5.32 Å². The van der Waals surface area contributed by atoms with Crippen LogP contribution < -0.4 is 10.9 Å². The van der Waals surface area contributed by atoms with Gasteiger partial charge >= 0.3 is 0 Å². The summed E-state index contributed by atoms with van der Waals surface area (Å²) in [5.74, 6) is 0.0257. The molecule has 1 aromatic carbocycles. The number of hydrogen-bond donors (Lipinski definition) is 1. The Morgan fingerprint density at radius 3 is 2.57 bits per heavy atom. The van der Waals surface area contributed by atoms with Gasteiger partial charge in [-0.25, -0.2) is 0 Å². The molecule has 3 aliphatic rings. The highest BCUT2D eigenvalue weighted by Crippen LogP contribution is 2.35. The molecule has 2 unspecified atom stereocenters. The number of aromatic nitrogens is 1. The van der Waals surface area contributed by atoms with Gasteiger partial charge in [0.25, 0.3) is 22.6 Å². The van der Waals surface area contributed by atoms with E-state index in [-0.39, 0.29) is 28.5 Å². The fraction of sp³-hybridized carbons (Fsp3) is 0.273. The standard InChI is InChI=1S/C22H19N3O4S/c26-19-3-1-2-17-16-8-14(11-25(17)19)10-24(12-16)21(28)15-6-4-13(5-7-15)9-18-20(27)23-22(29)30-18/h1-7,9,14,16H,8,10-12H2,(H,23,27,29). The SMILES string of the molecule is O=C1NC(=O)C(=Cc2ccc(C(=O)N3CC4CC(C3)c3cccc(=O)n3C4)cc2)S1. The number of nitrogens with zero attached hydrogens (tertiary/aromatic N) is 2. The number of carbonyl (C=O) groups excluding carboxylic acids is 3. The molecule has 8 heteroatoms. The largest absolute Gasteiger partial charge is 0.338 e. The Hall–Kier alpha value is -3.13. The Bertz CT molecular complexity index is 1150. The number of nitrogens with one attached hydrogen (secondary N) is 1. The van der Waals surface area contributed by atoms with Crippen molar-refractivity contribution >= 4 is 34.9 Å². The molecule has 3 amide bonds. The molecule has 2 fully saturated rings. The van der Waals surface area contributed by atoms with Crippen LogP contribution in [0.15, 0.2) is 52.2 Å². The van der Waals surface area contributed by atoms with Crippen LogP contribution in [-0.4, -0.2) is 39.6 Å². The average Bonchev–Trinajstić information content (AvgIpc) is 3.05. The predicted molar refractivity (Wildman–Crippen MR) is 113 cm³/mol. The maximum atomic E-state index is 13.1. The number of hydrogen-bond acceptors (Lipinski definition) is 5. The molecule has 30 heavy (non-hydrogen) atoms. The first-order valence-corrected chi connectivity index (χ1v) is 10.6. The minimum Gasteiger partial charge on any atom is -0.338 e. The Labute approximate surface area is 176 Å². The van der Waals surface area contributed by atoms with Gasteiger partial charge in [0.2, 0.25) is 0 Å². The number of piperidine rings is 1. The molecule has 4 heterocycles. The molecule has 2 saturated heterocycles. The fourth-order valence-electron chi connectivity index (χ4n) is 4.54. The summed E-state index contributed by atoms with van der Waals surface area (Å²) in [5, 5.41) is 1.85. The normalized spacial score (nSPS) is 24.0. The van der Waals surface area contributed by atoms with Crippen LogP contribution >= 0.6 is 11.8 Å². The molecule has 1 N–H and O–H groups in total. The minimum atomic E-state index is -0.399. The van der Waals surface area contributed by atoms with Crippen molar-refractivity contribution in [2.45, 2.75) is 18.9 Å². The van der Waals surface area contributed by atoms with Gasteiger partial charge in [0, 0.05) is 42.9 Å². The second-order valence-electron chi connectivity index (χ2n) is 7.88. The molecule has 0 spiro atoms. The van der Waals surface area contributed by atoms with E-state index in [0.717, 1.165) is 29.4 Å². The van der Waals surface area contributed by atoms with Crippen LogP contribution in [0.1, 0.15) is 34.0 Å². The second kappa shape index (κ2) is 7.28. The van der Waals surface area contributed by atoms with Crippen LogP contribution in [-0.2, 0) is 11.3 Å². The van der Waals surface area contributed by atoms with Crippen molar-refractivity contribution < 1.29 is 14.4 Å². The first-order valence-electron chi connectivity index (χ1n) is 9.82. The summed E-state index contributed by atoms with van der Waals surface area (Å²) in [5.41, 5.74) is 2.38. The minimum absolute atomic E-state index is 0.0289. The van der Waals surface area contributed by atoms with E-state index in [1.807, 2.05) is 15.5 Å². The lowest BCUT2D eigenvalue weighted by molar-refractivity contribution is -0.115. The maximum Gasteiger partial charge on any atom is 0.290 e. The molecular weight excluding hydrogens is 402 g/mol. The zero-order valence-electron chi connectivity index (χ0n) is 16.0. The quantitative estimate of drug-likeness (QED) is 0.753. The molecule has 2 atom stereocenters. The molecule has 2 bridgehead atoms. The summed E-state index contributed by atoms with van der Waals surface area (Å²) in [6.07, 6.45) is 2.64. The van der Waals surface area contributed by atoms with Gasteiger partial charge in [-0.2, -0.15) is 0 Å². The van der Waals surface area contributed by atoms with Gasteiger partial charge in [-0.3, -0.25) is 24.5 Å². The summed E-state index contributed by atoms with van der Waals surface area (Å²) in [4.78, 5) is 50.4.